The molecule has 2 aromatic carbocycles. The number of halogens is 3. The molecule has 4 heteroatoms. The molecule has 0 fully saturated rings. The van der Waals surface area contributed by atoms with Gasteiger partial charge in [0.15, 0.2) is 0 Å². The highest BCUT2D eigenvalue weighted by atomic mass is 35.5. The number of benzene rings is 2. The molecule has 0 radical (unpaired) electrons. The zero-order valence-electron chi connectivity index (χ0n) is 11.0. The summed E-state index contributed by atoms with van der Waals surface area (Å²) in [5.41, 5.74) is 2.47. The van der Waals surface area contributed by atoms with Gasteiger partial charge in [0.1, 0.15) is 5.82 Å². The summed E-state index contributed by atoms with van der Waals surface area (Å²) < 4.78 is 13.2. The number of hydrogen-bond acceptors (Lipinski definition) is 1. The Hall–Kier alpha value is -1.09. The second kappa shape index (κ2) is 6.57. The summed E-state index contributed by atoms with van der Waals surface area (Å²) in [6, 6.07) is 9.81. The zero-order valence-corrected chi connectivity index (χ0v) is 12.5. The lowest BCUT2D eigenvalue weighted by atomic mass is 9.98. The van der Waals surface area contributed by atoms with Gasteiger partial charge in [-0.2, -0.15) is 0 Å². The lowest BCUT2D eigenvalue weighted by molar-refractivity contribution is 0.175. The Kier molecular flexibility index (Phi) is 5.03. The molecule has 20 heavy (non-hydrogen) atoms. The van der Waals surface area contributed by atoms with E-state index in [0.717, 1.165) is 16.7 Å². The summed E-state index contributed by atoms with van der Waals surface area (Å²) in [4.78, 5) is 0. The summed E-state index contributed by atoms with van der Waals surface area (Å²) in [5.74, 6) is -0.298. The number of aliphatic hydroxyl groups excluding tert-OH is 1. The Bertz CT molecular complexity index is 593. The van der Waals surface area contributed by atoms with Gasteiger partial charge in [0, 0.05) is 16.5 Å². The van der Waals surface area contributed by atoms with Crippen molar-refractivity contribution in [3.8, 4) is 0 Å². The second-order valence-electron chi connectivity index (χ2n) is 4.83. The monoisotopic (exact) mass is 312 g/mol. The fourth-order valence-electron chi connectivity index (χ4n) is 2.15. The average Bonchev–Trinajstić information content (AvgIpc) is 2.38. The molecule has 0 heterocycles. The van der Waals surface area contributed by atoms with Crippen LogP contribution < -0.4 is 0 Å². The summed E-state index contributed by atoms with van der Waals surface area (Å²) in [5, 5.41) is 11.3. The van der Waals surface area contributed by atoms with Gasteiger partial charge in [0.25, 0.3) is 0 Å². The first kappa shape index (κ1) is 15.3. The minimum absolute atomic E-state index is 0.298. The van der Waals surface area contributed by atoms with Crippen LogP contribution in [0.5, 0.6) is 0 Å². The van der Waals surface area contributed by atoms with Crippen molar-refractivity contribution in [2.24, 2.45) is 0 Å². The number of hydrogen-bond donors (Lipinski definition) is 1. The molecule has 0 saturated carbocycles. The van der Waals surface area contributed by atoms with Crippen LogP contribution in [0, 0.1) is 12.7 Å². The third-order valence-electron chi connectivity index (χ3n) is 3.27. The van der Waals surface area contributed by atoms with Crippen LogP contribution in [0.3, 0.4) is 0 Å². The van der Waals surface area contributed by atoms with Crippen LogP contribution in [0.15, 0.2) is 36.4 Å². The van der Waals surface area contributed by atoms with Crippen LogP contribution in [-0.2, 0) is 12.8 Å². The normalized spacial score (nSPS) is 12.4. The lowest BCUT2D eigenvalue weighted by Crippen LogP contribution is -2.15. The molecule has 2 rings (SSSR count). The third kappa shape index (κ3) is 3.72. The van der Waals surface area contributed by atoms with Crippen molar-refractivity contribution in [2.45, 2.75) is 25.9 Å². The maximum absolute atomic E-state index is 13.2. The van der Waals surface area contributed by atoms with Gasteiger partial charge in [-0.05, 0) is 54.3 Å². The molecular formula is C16H15Cl2FO. The molecule has 0 aliphatic heterocycles. The Labute approximate surface area is 128 Å². The van der Waals surface area contributed by atoms with Crippen molar-refractivity contribution in [1.82, 2.24) is 0 Å². The molecule has 1 unspecified atom stereocenters. The van der Waals surface area contributed by atoms with Gasteiger partial charge in [0.2, 0.25) is 0 Å². The van der Waals surface area contributed by atoms with Crippen molar-refractivity contribution in [3.05, 3.63) is 69.0 Å². The van der Waals surface area contributed by atoms with Gasteiger partial charge in [-0.1, -0.05) is 35.3 Å². The van der Waals surface area contributed by atoms with E-state index in [1.807, 2.05) is 6.92 Å². The standard InChI is InChI=1S/C16H15Cl2FO/c1-10-5-6-12(19)7-11(10)8-13(20)9-14-15(17)3-2-4-16(14)18/h2-7,13,20H,8-9H2,1H3. The summed E-state index contributed by atoms with van der Waals surface area (Å²) in [7, 11) is 0. The maximum Gasteiger partial charge on any atom is 0.123 e. The van der Waals surface area contributed by atoms with Crippen LogP contribution in [0.4, 0.5) is 4.39 Å². The van der Waals surface area contributed by atoms with E-state index in [0.29, 0.717) is 22.9 Å². The Balaban J connectivity index is 2.13. The molecule has 2 aromatic rings. The van der Waals surface area contributed by atoms with E-state index in [-0.39, 0.29) is 5.82 Å². The maximum atomic E-state index is 13.2. The van der Waals surface area contributed by atoms with Gasteiger partial charge in [-0.25, -0.2) is 4.39 Å². The number of aryl methyl sites for hydroxylation is 1. The van der Waals surface area contributed by atoms with Crippen molar-refractivity contribution >= 4 is 23.2 Å². The first-order valence-electron chi connectivity index (χ1n) is 6.33. The second-order valence-corrected chi connectivity index (χ2v) is 5.65. The number of rotatable bonds is 4. The SMILES string of the molecule is Cc1ccc(F)cc1CC(O)Cc1c(Cl)cccc1Cl. The highest BCUT2D eigenvalue weighted by molar-refractivity contribution is 6.35. The molecule has 1 N–H and O–H groups in total. The molecule has 0 spiro atoms. The average molecular weight is 313 g/mol. The molecule has 0 aliphatic rings. The third-order valence-corrected chi connectivity index (χ3v) is 3.98. The van der Waals surface area contributed by atoms with E-state index in [2.05, 4.69) is 0 Å². The van der Waals surface area contributed by atoms with Crippen LogP contribution >= 0.6 is 23.2 Å². The van der Waals surface area contributed by atoms with Crippen LogP contribution in [0.25, 0.3) is 0 Å². The molecule has 0 bridgehead atoms. The molecule has 0 amide bonds. The molecule has 106 valence electrons. The van der Waals surface area contributed by atoms with Crippen molar-refractivity contribution in [2.75, 3.05) is 0 Å². The van der Waals surface area contributed by atoms with E-state index in [1.54, 1.807) is 24.3 Å². The largest absolute Gasteiger partial charge is 0.392 e. The quantitative estimate of drug-likeness (QED) is 0.875. The van der Waals surface area contributed by atoms with Crippen LogP contribution in [0.2, 0.25) is 10.0 Å². The summed E-state index contributed by atoms with van der Waals surface area (Å²) in [6.45, 7) is 1.89. The zero-order chi connectivity index (χ0) is 14.7. The summed E-state index contributed by atoms with van der Waals surface area (Å²) >= 11 is 12.2. The first-order chi connectivity index (χ1) is 9.47. The van der Waals surface area contributed by atoms with E-state index in [4.69, 9.17) is 23.2 Å². The van der Waals surface area contributed by atoms with Crippen LogP contribution in [-0.4, -0.2) is 11.2 Å². The molecular weight excluding hydrogens is 298 g/mol. The Morgan fingerprint density at radius 1 is 1.10 bits per heavy atom. The molecule has 0 saturated heterocycles. The van der Waals surface area contributed by atoms with E-state index in [1.165, 1.54) is 12.1 Å². The predicted octanol–water partition coefficient (Wildman–Crippen LogP) is 4.59. The van der Waals surface area contributed by atoms with E-state index < -0.39 is 6.10 Å². The first-order valence-corrected chi connectivity index (χ1v) is 7.09. The number of aliphatic hydroxyl groups is 1. The van der Waals surface area contributed by atoms with Gasteiger partial charge in [-0.3, -0.25) is 0 Å². The summed E-state index contributed by atoms with van der Waals surface area (Å²) in [6.07, 6.45) is 0.0486. The molecule has 1 atom stereocenters. The predicted molar refractivity (Wildman–Crippen MR) is 81.0 cm³/mol. The smallest absolute Gasteiger partial charge is 0.123 e. The fraction of sp³-hybridized carbons (Fsp3) is 0.250. The van der Waals surface area contributed by atoms with Crippen molar-refractivity contribution in [1.29, 1.82) is 0 Å². The highest BCUT2D eigenvalue weighted by Gasteiger charge is 2.13. The Morgan fingerprint density at radius 3 is 2.40 bits per heavy atom. The minimum Gasteiger partial charge on any atom is -0.392 e. The topological polar surface area (TPSA) is 20.2 Å². The lowest BCUT2D eigenvalue weighted by Gasteiger charge is -2.14. The van der Waals surface area contributed by atoms with E-state index >= 15 is 0 Å². The van der Waals surface area contributed by atoms with Crippen molar-refractivity contribution in [3.63, 3.8) is 0 Å². The van der Waals surface area contributed by atoms with Gasteiger partial charge < -0.3 is 5.11 Å². The Morgan fingerprint density at radius 2 is 1.75 bits per heavy atom. The van der Waals surface area contributed by atoms with Gasteiger partial charge >= 0.3 is 0 Å². The fourth-order valence-corrected chi connectivity index (χ4v) is 2.70. The van der Waals surface area contributed by atoms with Gasteiger partial charge in [0.05, 0.1) is 6.10 Å². The van der Waals surface area contributed by atoms with Crippen molar-refractivity contribution < 1.29 is 9.50 Å². The van der Waals surface area contributed by atoms with Crippen LogP contribution in [0.1, 0.15) is 16.7 Å². The molecule has 0 aliphatic carbocycles. The molecule has 1 nitrogen and oxygen atoms in total. The van der Waals surface area contributed by atoms with E-state index in [9.17, 15) is 9.50 Å². The minimum atomic E-state index is -0.659. The molecule has 0 aromatic heterocycles. The van der Waals surface area contributed by atoms with Gasteiger partial charge in [-0.15, -0.1) is 0 Å². The highest BCUT2D eigenvalue weighted by Crippen LogP contribution is 2.26.